The van der Waals surface area contributed by atoms with Gasteiger partial charge in [0, 0.05) is 5.69 Å². The Labute approximate surface area is 116 Å². The van der Waals surface area contributed by atoms with Crippen LogP contribution in [0.3, 0.4) is 0 Å². The highest BCUT2D eigenvalue weighted by atomic mass is 35.5. The Morgan fingerprint density at radius 1 is 1.33 bits per heavy atom. The van der Waals surface area contributed by atoms with Gasteiger partial charge in [0.05, 0.1) is 5.54 Å². The molecule has 0 aromatic heterocycles. The molecule has 0 aliphatic rings. The van der Waals surface area contributed by atoms with Crippen LogP contribution in [0.15, 0.2) is 18.2 Å². The number of carbonyl (C=O) groups excluding carboxylic acids is 1. The lowest BCUT2D eigenvalue weighted by molar-refractivity contribution is -0.120. The number of hydrogen-bond donors (Lipinski definition) is 2. The molecule has 4 heteroatoms. The van der Waals surface area contributed by atoms with Crippen molar-refractivity contribution < 1.29 is 4.79 Å². The zero-order valence-corrected chi connectivity index (χ0v) is 12.4. The zero-order valence-electron chi connectivity index (χ0n) is 11.5. The number of hydrogen-bond acceptors (Lipinski definition) is 2. The topological polar surface area (TPSA) is 55.1 Å². The second kappa shape index (κ2) is 6.76. The van der Waals surface area contributed by atoms with E-state index in [1.807, 2.05) is 39.0 Å². The molecule has 0 radical (unpaired) electrons. The molecule has 0 aliphatic heterocycles. The minimum absolute atomic E-state index is 0. The third-order valence-corrected chi connectivity index (χ3v) is 3.05. The van der Waals surface area contributed by atoms with E-state index in [0.29, 0.717) is 6.42 Å². The fourth-order valence-electron chi connectivity index (χ4n) is 1.73. The fourth-order valence-corrected chi connectivity index (χ4v) is 1.73. The van der Waals surface area contributed by atoms with Crippen LogP contribution in [0.2, 0.25) is 0 Å². The van der Waals surface area contributed by atoms with Crippen molar-refractivity contribution in [2.45, 2.75) is 46.1 Å². The number of carbonyl (C=O) groups is 1. The van der Waals surface area contributed by atoms with E-state index < -0.39 is 5.54 Å². The Bertz CT molecular complexity index is 416. The molecule has 18 heavy (non-hydrogen) atoms. The highest BCUT2D eigenvalue weighted by molar-refractivity contribution is 5.97. The minimum Gasteiger partial charge on any atom is -0.324 e. The molecular formula is C14H23ClN2O. The maximum Gasteiger partial charge on any atom is 0.244 e. The lowest BCUT2D eigenvalue weighted by Gasteiger charge is -2.23. The molecule has 1 aromatic carbocycles. The molecule has 0 heterocycles. The van der Waals surface area contributed by atoms with Crippen molar-refractivity contribution in [3.63, 3.8) is 0 Å². The van der Waals surface area contributed by atoms with Crippen LogP contribution in [0.25, 0.3) is 0 Å². The summed E-state index contributed by atoms with van der Waals surface area (Å²) in [6.07, 6.45) is 1.58. The van der Waals surface area contributed by atoms with Crippen LogP contribution in [0.1, 0.15) is 37.8 Å². The highest BCUT2D eigenvalue weighted by Crippen LogP contribution is 2.17. The molecular weight excluding hydrogens is 248 g/mol. The maximum atomic E-state index is 12.0. The van der Waals surface area contributed by atoms with Gasteiger partial charge in [-0.3, -0.25) is 4.79 Å². The summed E-state index contributed by atoms with van der Waals surface area (Å²) >= 11 is 0. The van der Waals surface area contributed by atoms with Crippen molar-refractivity contribution >= 4 is 24.0 Å². The van der Waals surface area contributed by atoms with Crippen molar-refractivity contribution in [1.29, 1.82) is 0 Å². The van der Waals surface area contributed by atoms with E-state index in [1.54, 1.807) is 6.92 Å². The van der Waals surface area contributed by atoms with E-state index in [9.17, 15) is 4.79 Å². The van der Waals surface area contributed by atoms with Crippen molar-refractivity contribution in [2.75, 3.05) is 5.32 Å². The van der Waals surface area contributed by atoms with E-state index in [-0.39, 0.29) is 18.3 Å². The van der Waals surface area contributed by atoms with Crippen LogP contribution in [-0.4, -0.2) is 11.4 Å². The molecule has 0 fully saturated rings. The average molecular weight is 271 g/mol. The second-order valence-electron chi connectivity index (χ2n) is 4.92. The van der Waals surface area contributed by atoms with E-state index in [1.165, 1.54) is 5.56 Å². The second-order valence-corrected chi connectivity index (χ2v) is 4.92. The molecule has 3 N–H and O–H groups in total. The normalized spacial score (nSPS) is 13.4. The number of benzene rings is 1. The molecule has 1 amide bonds. The largest absolute Gasteiger partial charge is 0.324 e. The third kappa shape index (κ3) is 4.31. The van der Waals surface area contributed by atoms with Gasteiger partial charge in [-0.05, 0) is 50.5 Å². The van der Waals surface area contributed by atoms with Gasteiger partial charge in [-0.1, -0.05) is 19.4 Å². The molecule has 1 rings (SSSR count). The summed E-state index contributed by atoms with van der Waals surface area (Å²) in [7, 11) is 0. The van der Waals surface area contributed by atoms with Gasteiger partial charge in [0.15, 0.2) is 0 Å². The fraction of sp³-hybridized carbons (Fsp3) is 0.500. The van der Waals surface area contributed by atoms with Gasteiger partial charge < -0.3 is 11.1 Å². The Morgan fingerprint density at radius 3 is 2.44 bits per heavy atom. The molecule has 0 bridgehead atoms. The molecule has 1 aromatic rings. The van der Waals surface area contributed by atoms with Crippen LogP contribution in [0, 0.1) is 13.8 Å². The number of nitrogens with one attached hydrogen (secondary N) is 1. The molecule has 102 valence electrons. The summed E-state index contributed by atoms with van der Waals surface area (Å²) in [5.41, 5.74) is 8.37. The van der Waals surface area contributed by atoms with Gasteiger partial charge in [-0.15, -0.1) is 12.4 Å². The molecule has 1 atom stereocenters. The molecule has 0 saturated carbocycles. The molecule has 0 saturated heterocycles. The third-order valence-electron chi connectivity index (χ3n) is 3.05. The highest BCUT2D eigenvalue weighted by Gasteiger charge is 2.27. The van der Waals surface area contributed by atoms with E-state index >= 15 is 0 Å². The molecule has 1 unspecified atom stereocenters. The SMILES string of the molecule is CCCC(C)(N)C(=O)Nc1ccc(C)c(C)c1.Cl. The maximum absolute atomic E-state index is 12.0. The lowest BCUT2D eigenvalue weighted by atomic mass is 9.96. The quantitative estimate of drug-likeness (QED) is 0.883. The summed E-state index contributed by atoms with van der Waals surface area (Å²) in [6.45, 7) is 7.87. The predicted molar refractivity (Wildman–Crippen MR) is 79.3 cm³/mol. The molecule has 3 nitrogen and oxygen atoms in total. The summed E-state index contributed by atoms with van der Waals surface area (Å²) in [6, 6.07) is 5.87. The van der Waals surface area contributed by atoms with Gasteiger partial charge in [-0.2, -0.15) is 0 Å². The van der Waals surface area contributed by atoms with Gasteiger partial charge in [0.2, 0.25) is 5.91 Å². The monoisotopic (exact) mass is 270 g/mol. The van der Waals surface area contributed by atoms with Gasteiger partial charge in [0.1, 0.15) is 0 Å². The number of aryl methyl sites for hydroxylation is 2. The lowest BCUT2D eigenvalue weighted by Crippen LogP contribution is -2.48. The number of halogens is 1. The van der Waals surface area contributed by atoms with Crippen LogP contribution < -0.4 is 11.1 Å². The number of amides is 1. The van der Waals surface area contributed by atoms with Crippen LogP contribution in [0.5, 0.6) is 0 Å². The zero-order chi connectivity index (χ0) is 13.1. The Hall–Kier alpha value is -1.06. The number of rotatable bonds is 4. The summed E-state index contributed by atoms with van der Waals surface area (Å²) in [4.78, 5) is 12.0. The molecule has 0 spiro atoms. The Balaban J connectivity index is 0.00000289. The Kier molecular flexibility index (Phi) is 6.36. The van der Waals surface area contributed by atoms with Gasteiger partial charge in [-0.25, -0.2) is 0 Å². The first kappa shape index (κ1) is 16.9. The summed E-state index contributed by atoms with van der Waals surface area (Å²) in [5.74, 6) is -0.123. The first-order chi connectivity index (χ1) is 7.86. The van der Waals surface area contributed by atoms with Crippen LogP contribution in [-0.2, 0) is 4.79 Å². The van der Waals surface area contributed by atoms with E-state index in [4.69, 9.17) is 5.73 Å². The predicted octanol–water partition coefficient (Wildman–Crippen LogP) is 3.18. The van der Waals surface area contributed by atoms with Crippen molar-refractivity contribution in [3.8, 4) is 0 Å². The van der Waals surface area contributed by atoms with E-state index in [0.717, 1.165) is 17.7 Å². The first-order valence-corrected chi connectivity index (χ1v) is 6.04. The summed E-state index contributed by atoms with van der Waals surface area (Å²) < 4.78 is 0. The van der Waals surface area contributed by atoms with Crippen LogP contribution in [0.4, 0.5) is 5.69 Å². The summed E-state index contributed by atoms with van der Waals surface area (Å²) in [5, 5.41) is 2.87. The average Bonchev–Trinajstić information content (AvgIpc) is 2.23. The smallest absolute Gasteiger partial charge is 0.244 e. The van der Waals surface area contributed by atoms with Gasteiger partial charge in [0.25, 0.3) is 0 Å². The van der Waals surface area contributed by atoms with Gasteiger partial charge >= 0.3 is 0 Å². The number of anilines is 1. The van der Waals surface area contributed by atoms with Crippen molar-refractivity contribution in [2.24, 2.45) is 5.73 Å². The minimum atomic E-state index is -0.798. The first-order valence-electron chi connectivity index (χ1n) is 6.04. The van der Waals surface area contributed by atoms with Crippen molar-refractivity contribution in [1.82, 2.24) is 0 Å². The van der Waals surface area contributed by atoms with Crippen LogP contribution >= 0.6 is 12.4 Å². The molecule has 0 aliphatic carbocycles. The number of nitrogens with two attached hydrogens (primary N) is 1. The van der Waals surface area contributed by atoms with Crippen molar-refractivity contribution in [3.05, 3.63) is 29.3 Å². The van der Waals surface area contributed by atoms with E-state index in [2.05, 4.69) is 5.32 Å². The standard InChI is InChI=1S/C14H22N2O.ClH/c1-5-8-14(4,15)13(17)16-12-7-6-10(2)11(3)9-12;/h6-7,9H,5,8,15H2,1-4H3,(H,16,17);1H. The Morgan fingerprint density at radius 2 is 1.94 bits per heavy atom.